The van der Waals surface area contributed by atoms with Crippen LogP contribution >= 0.6 is 0 Å². The molecule has 1 atom stereocenters. The molecule has 1 heterocycles. The first-order valence-corrected chi connectivity index (χ1v) is 5.34. The van der Waals surface area contributed by atoms with Gasteiger partial charge in [0, 0.05) is 12.6 Å². The van der Waals surface area contributed by atoms with Crippen LogP contribution in [0.1, 0.15) is 19.7 Å². The summed E-state index contributed by atoms with van der Waals surface area (Å²) in [6, 6.07) is 1.18. The van der Waals surface area contributed by atoms with Crippen LogP contribution in [0.15, 0.2) is 6.07 Å². The molecule has 0 aliphatic carbocycles. The molecule has 0 saturated heterocycles. The number of aliphatic hydroxyl groups is 1. The van der Waals surface area contributed by atoms with E-state index in [4.69, 9.17) is 5.73 Å². The van der Waals surface area contributed by atoms with Crippen LogP contribution in [0.25, 0.3) is 0 Å². The molecule has 1 aromatic rings. The number of nitrogens with two attached hydrogens (primary N) is 1. The zero-order chi connectivity index (χ0) is 13.9. The van der Waals surface area contributed by atoms with Crippen molar-refractivity contribution in [2.45, 2.75) is 26.1 Å². The van der Waals surface area contributed by atoms with Gasteiger partial charge in [0.05, 0.1) is 6.10 Å². The summed E-state index contributed by atoms with van der Waals surface area (Å²) in [6.45, 7) is 3.68. The number of hydrogen-bond acceptors (Lipinski definition) is 5. The van der Waals surface area contributed by atoms with Crippen molar-refractivity contribution in [3.63, 3.8) is 0 Å². The van der Waals surface area contributed by atoms with Crippen molar-refractivity contribution < 1.29 is 18.3 Å². The van der Waals surface area contributed by atoms with Gasteiger partial charge in [0.15, 0.2) is 0 Å². The Labute approximate surface area is 102 Å². The van der Waals surface area contributed by atoms with Gasteiger partial charge >= 0.3 is 6.18 Å². The van der Waals surface area contributed by atoms with Crippen molar-refractivity contribution in [3.05, 3.63) is 11.9 Å². The van der Waals surface area contributed by atoms with E-state index in [9.17, 15) is 18.3 Å². The summed E-state index contributed by atoms with van der Waals surface area (Å²) >= 11 is 0. The molecule has 1 aromatic heterocycles. The molecule has 0 spiro atoms. The van der Waals surface area contributed by atoms with Gasteiger partial charge in [-0.1, -0.05) is 13.8 Å². The van der Waals surface area contributed by atoms with E-state index < -0.39 is 18.1 Å². The van der Waals surface area contributed by atoms with E-state index in [2.05, 4.69) is 15.3 Å². The van der Waals surface area contributed by atoms with E-state index in [-0.39, 0.29) is 24.1 Å². The Morgan fingerprint density at radius 2 is 2.00 bits per heavy atom. The highest BCUT2D eigenvalue weighted by molar-refractivity contribution is 5.45. The van der Waals surface area contributed by atoms with Crippen LogP contribution in [0, 0.1) is 5.92 Å². The molecule has 102 valence electrons. The number of aromatic nitrogens is 2. The van der Waals surface area contributed by atoms with Gasteiger partial charge in [-0.25, -0.2) is 9.97 Å². The molecule has 1 unspecified atom stereocenters. The molecule has 0 radical (unpaired) electrons. The molecule has 0 aromatic carbocycles. The molecular weight excluding hydrogens is 249 g/mol. The van der Waals surface area contributed by atoms with Crippen LogP contribution in [0.4, 0.5) is 24.8 Å². The van der Waals surface area contributed by atoms with Crippen LogP contribution in [0.2, 0.25) is 0 Å². The van der Waals surface area contributed by atoms with Crippen LogP contribution in [0.5, 0.6) is 0 Å². The minimum atomic E-state index is -4.65. The van der Waals surface area contributed by atoms with E-state index in [1.807, 2.05) is 0 Å². The first kappa shape index (κ1) is 14.5. The summed E-state index contributed by atoms with van der Waals surface area (Å²) in [5.41, 5.74) is 5.27. The molecule has 4 N–H and O–H groups in total. The number of anilines is 2. The smallest absolute Gasteiger partial charge is 0.391 e. The molecule has 8 heteroatoms. The standard InChI is InChI=1S/C10H15F3N4O/c1-5(2)6(18)4-15-8-3-7(14)16-9(17-8)10(11,12)13/h3,5-6,18H,4H2,1-2H3,(H3,14,15,16,17). The Morgan fingerprint density at radius 3 is 2.50 bits per heavy atom. The first-order chi connectivity index (χ1) is 8.20. The normalized spacial score (nSPS) is 13.7. The number of nitrogens with zero attached hydrogens (tertiary/aromatic N) is 2. The van der Waals surface area contributed by atoms with Crippen molar-refractivity contribution in [3.8, 4) is 0 Å². The molecule has 18 heavy (non-hydrogen) atoms. The molecule has 0 saturated carbocycles. The topological polar surface area (TPSA) is 84.1 Å². The maximum absolute atomic E-state index is 12.4. The zero-order valence-electron chi connectivity index (χ0n) is 9.99. The monoisotopic (exact) mass is 264 g/mol. The maximum atomic E-state index is 12.4. The zero-order valence-corrected chi connectivity index (χ0v) is 9.99. The average Bonchev–Trinajstić information content (AvgIpc) is 2.23. The third-order valence-electron chi connectivity index (χ3n) is 2.26. The Morgan fingerprint density at radius 1 is 1.39 bits per heavy atom. The minimum absolute atomic E-state index is 0.0150. The lowest BCUT2D eigenvalue weighted by Crippen LogP contribution is -2.25. The second-order valence-electron chi connectivity index (χ2n) is 4.19. The predicted octanol–water partition coefficient (Wildman–Crippen LogP) is 1.51. The molecule has 5 nitrogen and oxygen atoms in total. The van der Waals surface area contributed by atoms with Gasteiger partial charge in [-0.05, 0) is 5.92 Å². The van der Waals surface area contributed by atoms with Crippen LogP contribution in [-0.2, 0) is 6.18 Å². The lowest BCUT2D eigenvalue weighted by atomic mass is 10.1. The van der Waals surface area contributed by atoms with Gasteiger partial charge in [0.1, 0.15) is 11.6 Å². The van der Waals surface area contributed by atoms with Crippen molar-refractivity contribution in [1.29, 1.82) is 0 Å². The second kappa shape index (κ2) is 5.38. The lowest BCUT2D eigenvalue weighted by molar-refractivity contribution is -0.144. The number of nitrogens with one attached hydrogen (secondary N) is 1. The fourth-order valence-corrected chi connectivity index (χ4v) is 1.13. The van der Waals surface area contributed by atoms with Gasteiger partial charge in [-0.3, -0.25) is 0 Å². The van der Waals surface area contributed by atoms with Crippen LogP contribution in [-0.4, -0.2) is 27.7 Å². The van der Waals surface area contributed by atoms with E-state index >= 15 is 0 Å². The SMILES string of the molecule is CC(C)C(O)CNc1cc(N)nc(C(F)(F)F)n1. The predicted molar refractivity (Wildman–Crippen MR) is 60.8 cm³/mol. The number of alkyl halides is 3. The minimum Gasteiger partial charge on any atom is -0.391 e. The highest BCUT2D eigenvalue weighted by Gasteiger charge is 2.35. The lowest BCUT2D eigenvalue weighted by Gasteiger charge is -2.16. The summed E-state index contributed by atoms with van der Waals surface area (Å²) < 4.78 is 37.3. The highest BCUT2D eigenvalue weighted by atomic mass is 19.4. The fraction of sp³-hybridized carbons (Fsp3) is 0.600. The van der Waals surface area contributed by atoms with E-state index in [0.717, 1.165) is 0 Å². The summed E-state index contributed by atoms with van der Waals surface area (Å²) in [4.78, 5) is 6.40. The van der Waals surface area contributed by atoms with E-state index in [1.165, 1.54) is 6.07 Å². The van der Waals surface area contributed by atoms with Gasteiger partial charge in [-0.15, -0.1) is 0 Å². The third kappa shape index (κ3) is 4.02. The van der Waals surface area contributed by atoms with Gasteiger partial charge in [0.25, 0.3) is 0 Å². The van der Waals surface area contributed by atoms with Crippen molar-refractivity contribution in [2.75, 3.05) is 17.6 Å². The molecule has 0 aliphatic rings. The highest BCUT2D eigenvalue weighted by Crippen LogP contribution is 2.27. The van der Waals surface area contributed by atoms with Crippen molar-refractivity contribution in [2.24, 2.45) is 5.92 Å². The largest absolute Gasteiger partial charge is 0.451 e. The molecule has 0 bridgehead atoms. The Bertz CT molecular complexity index is 409. The van der Waals surface area contributed by atoms with Gasteiger partial charge < -0.3 is 16.2 Å². The summed E-state index contributed by atoms with van der Waals surface area (Å²) in [6.07, 6.45) is -5.34. The average molecular weight is 264 g/mol. The number of nitrogen functional groups attached to an aromatic ring is 1. The van der Waals surface area contributed by atoms with Crippen molar-refractivity contribution in [1.82, 2.24) is 9.97 Å². The number of aliphatic hydroxyl groups excluding tert-OH is 1. The number of halogens is 3. The quantitative estimate of drug-likeness (QED) is 0.767. The summed E-state index contributed by atoms with van der Waals surface area (Å²) in [7, 11) is 0. The number of hydrogen-bond donors (Lipinski definition) is 3. The van der Waals surface area contributed by atoms with E-state index in [0.29, 0.717) is 0 Å². The van der Waals surface area contributed by atoms with Crippen LogP contribution < -0.4 is 11.1 Å². The van der Waals surface area contributed by atoms with Crippen LogP contribution in [0.3, 0.4) is 0 Å². The Kier molecular flexibility index (Phi) is 4.33. The van der Waals surface area contributed by atoms with E-state index in [1.54, 1.807) is 13.8 Å². The molecule has 1 rings (SSSR count). The van der Waals surface area contributed by atoms with Gasteiger partial charge in [0.2, 0.25) is 5.82 Å². The van der Waals surface area contributed by atoms with Crippen molar-refractivity contribution >= 4 is 11.6 Å². The summed E-state index contributed by atoms with van der Waals surface area (Å²) in [5, 5.41) is 12.1. The first-order valence-electron chi connectivity index (χ1n) is 5.34. The molecule has 0 amide bonds. The maximum Gasteiger partial charge on any atom is 0.451 e. The van der Waals surface area contributed by atoms with Gasteiger partial charge in [-0.2, -0.15) is 13.2 Å². The number of rotatable bonds is 4. The summed E-state index contributed by atoms with van der Waals surface area (Å²) in [5.74, 6) is -1.66. The molecular formula is C10H15F3N4O. The third-order valence-corrected chi connectivity index (χ3v) is 2.26. The molecule has 0 aliphatic heterocycles. The second-order valence-corrected chi connectivity index (χ2v) is 4.19. The molecule has 0 fully saturated rings. The fourth-order valence-electron chi connectivity index (χ4n) is 1.13. The Balaban J connectivity index is 2.81. The Hall–Kier alpha value is -1.57.